The van der Waals surface area contributed by atoms with Gasteiger partial charge in [-0.25, -0.2) is 0 Å². The first-order chi connectivity index (χ1) is 9.65. The molecule has 4 N–H and O–H groups in total. The molecule has 0 aliphatic heterocycles. The zero-order valence-corrected chi connectivity index (χ0v) is 14.0. The summed E-state index contributed by atoms with van der Waals surface area (Å²) in [4.78, 5) is 27.0. The normalized spacial score (nSPS) is 12.0. The van der Waals surface area contributed by atoms with Crippen LogP contribution in [0.25, 0.3) is 0 Å². The molecule has 0 aromatic rings. The van der Waals surface area contributed by atoms with Gasteiger partial charge in [0.1, 0.15) is 0 Å². The Balaban J connectivity index is 3.93. The van der Waals surface area contributed by atoms with Gasteiger partial charge in [0.25, 0.3) is 0 Å². The minimum Gasteiger partial charge on any atom is -0.355 e. The molecular formula is C14H29N5O2. The first kappa shape index (κ1) is 19.2. The van der Waals surface area contributed by atoms with Gasteiger partial charge in [-0.1, -0.05) is 13.8 Å². The second-order valence-electron chi connectivity index (χ2n) is 6.10. The van der Waals surface area contributed by atoms with Crippen molar-refractivity contribution in [2.24, 2.45) is 10.9 Å². The summed E-state index contributed by atoms with van der Waals surface area (Å²) in [6.07, 6.45) is 0. The van der Waals surface area contributed by atoms with Crippen molar-refractivity contribution < 1.29 is 9.59 Å². The zero-order chi connectivity index (χ0) is 16.5. The van der Waals surface area contributed by atoms with Crippen LogP contribution in [0.15, 0.2) is 4.99 Å². The molecule has 0 bridgehead atoms. The lowest BCUT2D eigenvalue weighted by Crippen LogP contribution is -2.49. The van der Waals surface area contributed by atoms with Crippen molar-refractivity contribution in [1.29, 1.82) is 0 Å². The lowest BCUT2D eigenvalue weighted by atomic mass is 10.1. The van der Waals surface area contributed by atoms with Crippen LogP contribution in [-0.2, 0) is 9.59 Å². The number of nitrogens with one attached hydrogen (secondary N) is 4. The van der Waals surface area contributed by atoms with E-state index in [-0.39, 0.29) is 29.8 Å². The Morgan fingerprint density at radius 3 is 2.10 bits per heavy atom. The lowest BCUT2D eigenvalue weighted by molar-refractivity contribution is -0.124. The Morgan fingerprint density at radius 1 is 1.05 bits per heavy atom. The van der Waals surface area contributed by atoms with E-state index in [1.165, 1.54) is 0 Å². The van der Waals surface area contributed by atoms with Gasteiger partial charge >= 0.3 is 0 Å². The lowest BCUT2D eigenvalue weighted by Gasteiger charge is -2.21. The van der Waals surface area contributed by atoms with E-state index in [2.05, 4.69) is 26.3 Å². The van der Waals surface area contributed by atoms with Crippen LogP contribution in [0.5, 0.6) is 0 Å². The highest BCUT2D eigenvalue weighted by atomic mass is 16.2. The van der Waals surface area contributed by atoms with E-state index in [0.717, 1.165) is 0 Å². The van der Waals surface area contributed by atoms with E-state index in [0.29, 0.717) is 19.0 Å². The Bertz CT molecular complexity index is 372. The van der Waals surface area contributed by atoms with Crippen LogP contribution in [0.2, 0.25) is 0 Å². The van der Waals surface area contributed by atoms with Gasteiger partial charge in [-0.05, 0) is 20.8 Å². The van der Waals surface area contributed by atoms with Crippen molar-refractivity contribution in [3.8, 4) is 0 Å². The van der Waals surface area contributed by atoms with Gasteiger partial charge in [0.15, 0.2) is 5.96 Å². The number of carbonyl (C=O) groups is 2. The number of amides is 2. The molecule has 0 fully saturated rings. The van der Waals surface area contributed by atoms with Crippen molar-refractivity contribution in [2.45, 2.75) is 40.2 Å². The number of rotatable bonds is 6. The summed E-state index contributed by atoms with van der Waals surface area (Å²) in [6, 6.07) is 0. The Kier molecular flexibility index (Phi) is 8.42. The first-order valence-electron chi connectivity index (χ1n) is 7.19. The molecule has 21 heavy (non-hydrogen) atoms. The fourth-order valence-electron chi connectivity index (χ4n) is 1.42. The van der Waals surface area contributed by atoms with Crippen molar-refractivity contribution in [3.05, 3.63) is 0 Å². The maximum Gasteiger partial charge on any atom is 0.239 e. The van der Waals surface area contributed by atoms with Gasteiger partial charge in [0, 0.05) is 31.6 Å². The summed E-state index contributed by atoms with van der Waals surface area (Å²) in [5.41, 5.74) is -0.253. The van der Waals surface area contributed by atoms with Gasteiger partial charge < -0.3 is 21.3 Å². The third-order valence-electron chi connectivity index (χ3n) is 2.40. The van der Waals surface area contributed by atoms with Crippen LogP contribution >= 0.6 is 0 Å². The summed E-state index contributed by atoms with van der Waals surface area (Å²) in [5.74, 6) is 0.421. The number of aliphatic imine (C=N–C) groups is 1. The number of hydrogen-bond donors (Lipinski definition) is 4. The molecule has 0 aromatic heterocycles. The fraction of sp³-hybridized carbons (Fsp3) is 0.786. The molecule has 2 amide bonds. The highest BCUT2D eigenvalue weighted by molar-refractivity contribution is 5.86. The fourth-order valence-corrected chi connectivity index (χ4v) is 1.42. The SMILES string of the molecule is CN=C(NCCNC(=O)C(C)C)NCC(=O)NC(C)(C)C. The van der Waals surface area contributed by atoms with E-state index in [1.54, 1.807) is 7.05 Å². The Morgan fingerprint density at radius 2 is 1.62 bits per heavy atom. The highest BCUT2D eigenvalue weighted by Crippen LogP contribution is 1.97. The van der Waals surface area contributed by atoms with Crippen LogP contribution in [-0.4, -0.2) is 50.0 Å². The molecule has 0 radical (unpaired) electrons. The summed E-state index contributed by atoms with van der Waals surface area (Å²) in [7, 11) is 1.63. The molecule has 0 unspecified atom stereocenters. The Hall–Kier alpha value is -1.79. The summed E-state index contributed by atoms with van der Waals surface area (Å²) < 4.78 is 0. The van der Waals surface area contributed by atoms with E-state index >= 15 is 0 Å². The standard InChI is InChI=1S/C14H29N5O2/c1-10(2)12(21)16-7-8-17-13(15-6)18-9-11(20)19-14(3,4)5/h10H,7-9H2,1-6H3,(H,16,21)(H,19,20)(H2,15,17,18). The van der Waals surface area contributed by atoms with Crippen LogP contribution in [0.4, 0.5) is 0 Å². The molecular weight excluding hydrogens is 270 g/mol. The third-order valence-corrected chi connectivity index (χ3v) is 2.40. The van der Waals surface area contributed by atoms with Crippen molar-refractivity contribution >= 4 is 17.8 Å². The second-order valence-corrected chi connectivity index (χ2v) is 6.10. The number of carbonyl (C=O) groups excluding carboxylic acids is 2. The van der Waals surface area contributed by atoms with E-state index in [9.17, 15) is 9.59 Å². The van der Waals surface area contributed by atoms with Gasteiger partial charge in [-0.3, -0.25) is 14.6 Å². The Labute approximate surface area is 127 Å². The molecule has 0 aromatic carbocycles. The van der Waals surface area contributed by atoms with Crippen LogP contribution < -0.4 is 21.3 Å². The smallest absolute Gasteiger partial charge is 0.239 e. The minimum absolute atomic E-state index is 0.0179. The number of guanidine groups is 1. The monoisotopic (exact) mass is 299 g/mol. The molecule has 0 spiro atoms. The van der Waals surface area contributed by atoms with Crippen LogP contribution in [0, 0.1) is 5.92 Å². The molecule has 122 valence electrons. The molecule has 7 heteroatoms. The topological polar surface area (TPSA) is 94.6 Å². The van der Waals surface area contributed by atoms with E-state index in [4.69, 9.17) is 0 Å². The van der Waals surface area contributed by atoms with Crippen molar-refractivity contribution in [3.63, 3.8) is 0 Å². The molecule has 0 aliphatic carbocycles. The van der Waals surface area contributed by atoms with E-state index < -0.39 is 0 Å². The number of nitrogens with zero attached hydrogens (tertiary/aromatic N) is 1. The van der Waals surface area contributed by atoms with Crippen LogP contribution in [0.3, 0.4) is 0 Å². The molecule has 7 nitrogen and oxygen atoms in total. The maximum absolute atomic E-state index is 11.7. The molecule has 0 rings (SSSR count). The molecule has 0 atom stereocenters. The maximum atomic E-state index is 11.7. The quantitative estimate of drug-likeness (QED) is 0.311. The predicted molar refractivity (Wildman–Crippen MR) is 85.1 cm³/mol. The predicted octanol–water partition coefficient (Wildman–Crippen LogP) is -0.162. The van der Waals surface area contributed by atoms with Crippen molar-refractivity contribution in [2.75, 3.05) is 26.7 Å². The molecule has 0 heterocycles. The first-order valence-corrected chi connectivity index (χ1v) is 7.19. The van der Waals surface area contributed by atoms with E-state index in [1.807, 2.05) is 34.6 Å². The third kappa shape index (κ3) is 10.6. The number of hydrogen-bond acceptors (Lipinski definition) is 3. The molecule has 0 saturated carbocycles. The van der Waals surface area contributed by atoms with Gasteiger partial charge in [-0.15, -0.1) is 0 Å². The molecule has 0 saturated heterocycles. The summed E-state index contributed by atoms with van der Waals surface area (Å²) in [5, 5.41) is 11.6. The van der Waals surface area contributed by atoms with Gasteiger partial charge in [-0.2, -0.15) is 0 Å². The van der Waals surface area contributed by atoms with Gasteiger partial charge in [0.05, 0.1) is 6.54 Å². The molecule has 0 aliphatic rings. The average Bonchev–Trinajstić information content (AvgIpc) is 2.35. The van der Waals surface area contributed by atoms with Gasteiger partial charge in [0.2, 0.25) is 11.8 Å². The van der Waals surface area contributed by atoms with Crippen LogP contribution in [0.1, 0.15) is 34.6 Å². The average molecular weight is 299 g/mol. The summed E-state index contributed by atoms with van der Waals surface area (Å²) in [6.45, 7) is 10.7. The second kappa shape index (κ2) is 9.20. The minimum atomic E-state index is -0.253. The highest BCUT2D eigenvalue weighted by Gasteiger charge is 2.13. The largest absolute Gasteiger partial charge is 0.355 e. The summed E-state index contributed by atoms with van der Waals surface area (Å²) >= 11 is 0. The van der Waals surface area contributed by atoms with Crippen molar-refractivity contribution in [1.82, 2.24) is 21.3 Å². The zero-order valence-electron chi connectivity index (χ0n) is 14.0.